The van der Waals surface area contributed by atoms with Gasteiger partial charge in [-0.1, -0.05) is 42.5 Å². The Morgan fingerprint density at radius 1 is 1.00 bits per heavy atom. The number of aromatic nitrogens is 3. The van der Waals surface area contributed by atoms with E-state index >= 15 is 0 Å². The van der Waals surface area contributed by atoms with Crippen molar-refractivity contribution in [1.82, 2.24) is 14.8 Å². The van der Waals surface area contributed by atoms with E-state index in [2.05, 4.69) is 10.6 Å². The van der Waals surface area contributed by atoms with Gasteiger partial charge in [-0.05, 0) is 44.2 Å². The SMILES string of the molecule is CCOc1ccccc1C1C(C(=O)Nc2ccccc2OC)=C(C)Nc2nc(-c3cccc(OC)c3)nn21. The van der Waals surface area contributed by atoms with Crippen LogP contribution >= 0.6 is 0 Å². The Morgan fingerprint density at radius 3 is 2.53 bits per heavy atom. The van der Waals surface area contributed by atoms with Crippen LogP contribution in [-0.2, 0) is 4.79 Å². The molecule has 3 aromatic carbocycles. The Kier molecular flexibility index (Phi) is 6.99. The maximum atomic E-state index is 13.9. The number of fused-ring (bicyclic) bond motifs is 1. The zero-order valence-corrected chi connectivity index (χ0v) is 21.7. The molecule has 0 aliphatic carbocycles. The van der Waals surface area contributed by atoms with Gasteiger partial charge in [-0.25, -0.2) is 4.68 Å². The predicted molar refractivity (Wildman–Crippen MR) is 146 cm³/mol. The van der Waals surface area contributed by atoms with E-state index in [-0.39, 0.29) is 5.91 Å². The molecule has 1 unspecified atom stereocenters. The summed E-state index contributed by atoms with van der Waals surface area (Å²) in [4.78, 5) is 18.6. The molecule has 1 aliphatic heterocycles. The first-order valence-electron chi connectivity index (χ1n) is 12.3. The van der Waals surface area contributed by atoms with E-state index in [1.807, 2.05) is 74.5 Å². The number of para-hydroxylation sites is 3. The van der Waals surface area contributed by atoms with E-state index in [9.17, 15) is 4.79 Å². The van der Waals surface area contributed by atoms with Crippen molar-refractivity contribution < 1.29 is 19.0 Å². The molecule has 0 fully saturated rings. The van der Waals surface area contributed by atoms with Crippen molar-refractivity contribution in [3.05, 3.63) is 89.6 Å². The second-order valence-corrected chi connectivity index (χ2v) is 8.63. The lowest BCUT2D eigenvalue weighted by Crippen LogP contribution is -2.31. The van der Waals surface area contributed by atoms with Crippen molar-refractivity contribution in [2.24, 2.45) is 0 Å². The number of ether oxygens (including phenoxy) is 3. The van der Waals surface area contributed by atoms with Crippen LogP contribution in [0.1, 0.15) is 25.5 Å². The van der Waals surface area contributed by atoms with Gasteiger partial charge in [-0.3, -0.25) is 4.79 Å². The number of carbonyl (C=O) groups is 1. The fourth-order valence-electron chi connectivity index (χ4n) is 4.55. The number of rotatable bonds is 8. The molecule has 5 rings (SSSR count). The first-order valence-corrected chi connectivity index (χ1v) is 12.3. The van der Waals surface area contributed by atoms with E-state index in [1.165, 1.54) is 0 Å². The minimum atomic E-state index is -0.601. The topological polar surface area (TPSA) is 99.5 Å². The fraction of sp³-hybridized carbons (Fsp3) is 0.207. The Balaban J connectivity index is 1.63. The fourth-order valence-corrected chi connectivity index (χ4v) is 4.55. The van der Waals surface area contributed by atoms with Gasteiger partial charge < -0.3 is 24.8 Å². The zero-order valence-electron chi connectivity index (χ0n) is 21.7. The van der Waals surface area contributed by atoms with Crippen LogP contribution in [0.15, 0.2) is 84.1 Å². The summed E-state index contributed by atoms with van der Waals surface area (Å²) in [5.74, 6) is 2.67. The Bertz CT molecular complexity index is 1510. The van der Waals surface area contributed by atoms with Crippen molar-refractivity contribution in [2.45, 2.75) is 19.9 Å². The molecule has 9 heteroatoms. The largest absolute Gasteiger partial charge is 0.497 e. The van der Waals surface area contributed by atoms with Gasteiger partial charge >= 0.3 is 0 Å². The molecule has 1 atom stereocenters. The highest BCUT2D eigenvalue weighted by Gasteiger charge is 2.36. The lowest BCUT2D eigenvalue weighted by Gasteiger charge is -2.29. The number of benzene rings is 3. The van der Waals surface area contributed by atoms with Gasteiger partial charge in [0.25, 0.3) is 5.91 Å². The third kappa shape index (κ3) is 4.66. The minimum absolute atomic E-state index is 0.292. The van der Waals surface area contributed by atoms with E-state index in [0.29, 0.717) is 52.6 Å². The molecule has 2 heterocycles. The number of allylic oxidation sites excluding steroid dienone is 1. The van der Waals surface area contributed by atoms with Crippen LogP contribution in [-0.4, -0.2) is 41.5 Å². The molecule has 0 radical (unpaired) electrons. The number of hydrogen-bond acceptors (Lipinski definition) is 7. The predicted octanol–water partition coefficient (Wildman–Crippen LogP) is 5.29. The molecule has 194 valence electrons. The first kappa shape index (κ1) is 24.9. The van der Waals surface area contributed by atoms with Crippen LogP contribution in [0.4, 0.5) is 11.6 Å². The summed E-state index contributed by atoms with van der Waals surface area (Å²) in [6.07, 6.45) is 0. The highest BCUT2D eigenvalue weighted by Crippen LogP contribution is 2.40. The van der Waals surface area contributed by atoms with Crippen molar-refractivity contribution in [2.75, 3.05) is 31.5 Å². The lowest BCUT2D eigenvalue weighted by molar-refractivity contribution is -0.113. The number of carbonyl (C=O) groups excluding carboxylic acids is 1. The van der Waals surface area contributed by atoms with Gasteiger partial charge in [0.1, 0.15) is 23.3 Å². The molecule has 0 saturated heterocycles. The van der Waals surface area contributed by atoms with E-state index in [1.54, 1.807) is 31.0 Å². The molecule has 1 aromatic heterocycles. The molecular weight excluding hydrogens is 482 g/mol. The first-order chi connectivity index (χ1) is 18.5. The van der Waals surface area contributed by atoms with E-state index < -0.39 is 6.04 Å². The normalized spacial score (nSPS) is 14.4. The number of methoxy groups -OCH3 is 2. The van der Waals surface area contributed by atoms with Gasteiger partial charge in [-0.2, -0.15) is 4.98 Å². The molecule has 1 amide bonds. The molecular formula is C29H29N5O4. The van der Waals surface area contributed by atoms with Crippen LogP contribution in [0.5, 0.6) is 17.2 Å². The number of nitrogens with zero attached hydrogens (tertiary/aromatic N) is 3. The summed E-state index contributed by atoms with van der Waals surface area (Å²) in [5, 5.41) is 11.2. The highest BCUT2D eigenvalue weighted by molar-refractivity contribution is 6.06. The number of anilines is 2. The van der Waals surface area contributed by atoms with Crippen molar-refractivity contribution in [3.8, 4) is 28.6 Å². The number of nitrogens with one attached hydrogen (secondary N) is 2. The maximum absolute atomic E-state index is 13.9. The average molecular weight is 512 g/mol. The summed E-state index contributed by atoms with van der Waals surface area (Å²) < 4.78 is 18.5. The Hall–Kier alpha value is -4.79. The summed E-state index contributed by atoms with van der Waals surface area (Å²) >= 11 is 0. The van der Waals surface area contributed by atoms with Gasteiger partial charge in [0, 0.05) is 16.8 Å². The highest BCUT2D eigenvalue weighted by atomic mass is 16.5. The quantitative estimate of drug-likeness (QED) is 0.332. The molecule has 2 N–H and O–H groups in total. The molecule has 4 aromatic rings. The van der Waals surface area contributed by atoms with Crippen LogP contribution in [0.3, 0.4) is 0 Å². The maximum Gasteiger partial charge on any atom is 0.255 e. The van der Waals surface area contributed by atoms with Crippen molar-refractivity contribution in [3.63, 3.8) is 0 Å². The minimum Gasteiger partial charge on any atom is -0.497 e. The van der Waals surface area contributed by atoms with Crippen LogP contribution in [0.25, 0.3) is 11.4 Å². The van der Waals surface area contributed by atoms with Crippen LogP contribution in [0.2, 0.25) is 0 Å². The standard InChI is InChI=1S/C29H29N5O4/c1-5-38-23-15-8-6-13-21(23)26-25(28(35)31-22-14-7-9-16-24(22)37-4)18(2)30-29-32-27(33-34(26)29)19-11-10-12-20(17-19)36-3/h6-17,26H,5H2,1-4H3,(H,31,35)(H,30,32,33). The smallest absolute Gasteiger partial charge is 0.255 e. The third-order valence-electron chi connectivity index (χ3n) is 6.29. The average Bonchev–Trinajstić information content (AvgIpc) is 3.37. The van der Waals surface area contributed by atoms with Gasteiger partial charge in [0.2, 0.25) is 5.95 Å². The Morgan fingerprint density at radius 2 is 1.76 bits per heavy atom. The number of amides is 1. The van der Waals surface area contributed by atoms with Gasteiger partial charge in [-0.15, -0.1) is 5.10 Å². The Labute approximate surface area is 221 Å². The van der Waals surface area contributed by atoms with Crippen LogP contribution < -0.4 is 24.8 Å². The molecule has 0 saturated carbocycles. The summed E-state index contributed by atoms with van der Waals surface area (Å²) in [7, 11) is 3.19. The molecule has 1 aliphatic rings. The van der Waals surface area contributed by atoms with Gasteiger partial charge in [0.15, 0.2) is 5.82 Å². The van der Waals surface area contributed by atoms with E-state index in [4.69, 9.17) is 24.3 Å². The molecule has 38 heavy (non-hydrogen) atoms. The molecule has 0 spiro atoms. The van der Waals surface area contributed by atoms with Gasteiger partial charge in [0.05, 0.1) is 32.1 Å². The summed E-state index contributed by atoms with van der Waals surface area (Å²) in [5.41, 5.74) is 3.30. The lowest BCUT2D eigenvalue weighted by atomic mass is 9.94. The van der Waals surface area contributed by atoms with Crippen molar-refractivity contribution in [1.29, 1.82) is 0 Å². The van der Waals surface area contributed by atoms with Crippen LogP contribution in [0, 0.1) is 0 Å². The summed E-state index contributed by atoms with van der Waals surface area (Å²) in [6, 6.07) is 21.9. The summed E-state index contributed by atoms with van der Waals surface area (Å²) in [6.45, 7) is 4.26. The van der Waals surface area contributed by atoms with E-state index in [0.717, 1.165) is 11.1 Å². The monoisotopic (exact) mass is 511 g/mol. The third-order valence-corrected chi connectivity index (χ3v) is 6.29. The molecule has 9 nitrogen and oxygen atoms in total. The number of hydrogen-bond donors (Lipinski definition) is 2. The second-order valence-electron chi connectivity index (χ2n) is 8.63. The second kappa shape index (κ2) is 10.7. The zero-order chi connectivity index (χ0) is 26.6. The molecule has 0 bridgehead atoms. The van der Waals surface area contributed by atoms with Crippen molar-refractivity contribution >= 4 is 17.5 Å².